The van der Waals surface area contributed by atoms with Gasteiger partial charge in [0.05, 0.1) is 5.39 Å². The maximum Gasteiger partial charge on any atom is 0.345 e. The number of fused-ring (bicyclic) bond motifs is 1. The SMILES string of the molecule is Cn1c(=O)c(C(=O)O)c(O)c2cccnc21. The van der Waals surface area contributed by atoms with Crippen LogP contribution in [0.15, 0.2) is 23.1 Å². The van der Waals surface area contributed by atoms with Crippen LogP contribution >= 0.6 is 0 Å². The first kappa shape index (κ1) is 10.2. The number of carboxylic acid groups (broad SMARTS) is 1. The van der Waals surface area contributed by atoms with Crippen molar-refractivity contribution in [2.45, 2.75) is 0 Å². The van der Waals surface area contributed by atoms with Gasteiger partial charge in [-0.1, -0.05) is 0 Å². The summed E-state index contributed by atoms with van der Waals surface area (Å²) in [6.45, 7) is 0. The summed E-state index contributed by atoms with van der Waals surface area (Å²) in [5.74, 6) is -2.00. The number of rotatable bonds is 1. The third-order valence-corrected chi connectivity index (χ3v) is 2.33. The van der Waals surface area contributed by atoms with Gasteiger partial charge in [-0.2, -0.15) is 0 Å². The number of carboxylic acids is 1. The summed E-state index contributed by atoms with van der Waals surface area (Å²) in [6.07, 6.45) is 1.46. The summed E-state index contributed by atoms with van der Waals surface area (Å²) in [4.78, 5) is 26.4. The zero-order chi connectivity index (χ0) is 11.9. The molecule has 0 bridgehead atoms. The number of nitrogens with zero attached hydrogens (tertiary/aromatic N) is 2. The Kier molecular flexibility index (Phi) is 2.12. The smallest absolute Gasteiger partial charge is 0.345 e. The zero-order valence-corrected chi connectivity index (χ0v) is 8.34. The van der Waals surface area contributed by atoms with Crippen molar-refractivity contribution in [3.63, 3.8) is 0 Å². The van der Waals surface area contributed by atoms with Crippen molar-refractivity contribution in [1.82, 2.24) is 9.55 Å². The van der Waals surface area contributed by atoms with E-state index < -0.39 is 22.8 Å². The minimum atomic E-state index is -1.45. The Bertz CT molecular complexity index is 645. The molecule has 16 heavy (non-hydrogen) atoms. The van der Waals surface area contributed by atoms with Crippen molar-refractivity contribution in [3.05, 3.63) is 34.2 Å². The molecule has 0 radical (unpaired) electrons. The first-order chi connectivity index (χ1) is 7.54. The van der Waals surface area contributed by atoms with Crippen LogP contribution in [0.3, 0.4) is 0 Å². The van der Waals surface area contributed by atoms with E-state index in [2.05, 4.69) is 4.98 Å². The van der Waals surface area contributed by atoms with E-state index in [9.17, 15) is 14.7 Å². The molecule has 0 aliphatic rings. The topological polar surface area (TPSA) is 92.4 Å². The molecule has 2 aromatic rings. The van der Waals surface area contributed by atoms with Gasteiger partial charge in [-0.25, -0.2) is 9.78 Å². The predicted molar refractivity (Wildman–Crippen MR) is 55.6 cm³/mol. The van der Waals surface area contributed by atoms with Crippen molar-refractivity contribution < 1.29 is 15.0 Å². The lowest BCUT2D eigenvalue weighted by Crippen LogP contribution is -2.25. The highest BCUT2D eigenvalue weighted by atomic mass is 16.4. The maximum absolute atomic E-state index is 11.6. The van der Waals surface area contributed by atoms with Gasteiger partial charge in [-0.05, 0) is 12.1 Å². The number of aromatic carboxylic acids is 1. The maximum atomic E-state index is 11.6. The molecule has 0 unspecified atom stereocenters. The highest BCUT2D eigenvalue weighted by Crippen LogP contribution is 2.23. The monoisotopic (exact) mass is 220 g/mol. The number of aromatic hydroxyl groups is 1. The Morgan fingerprint density at radius 1 is 1.50 bits per heavy atom. The molecule has 2 heterocycles. The molecular weight excluding hydrogens is 212 g/mol. The van der Waals surface area contributed by atoms with E-state index in [1.54, 1.807) is 6.07 Å². The van der Waals surface area contributed by atoms with Gasteiger partial charge >= 0.3 is 5.97 Å². The number of hydrogen-bond donors (Lipinski definition) is 2. The summed E-state index contributed by atoms with van der Waals surface area (Å²) < 4.78 is 1.10. The molecule has 0 amide bonds. The van der Waals surface area contributed by atoms with Gasteiger partial charge in [0, 0.05) is 13.2 Å². The molecule has 0 aliphatic heterocycles. The molecule has 0 fully saturated rings. The van der Waals surface area contributed by atoms with Crippen LogP contribution in [0.25, 0.3) is 11.0 Å². The van der Waals surface area contributed by atoms with Gasteiger partial charge in [0.1, 0.15) is 11.4 Å². The summed E-state index contributed by atoms with van der Waals surface area (Å²) in [5.41, 5.74) is -1.17. The molecule has 0 saturated heterocycles. The van der Waals surface area contributed by atoms with E-state index in [0.29, 0.717) is 0 Å². The quantitative estimate of drug-likeness (QED) is 0.722. The van der Waals surface area contributed by atoms with Gasteiger partial charge in [0.15, 0.2) is 5.56 Å². The minimum Gasteiger partial charge on any atom is -0.506 e. The van der Waals surface area contributed by atoms with Crippen LogP contribution in [0.5, 0.6) is 5.75 Å². The van der Waals surface area contributed by atoms with E-state index in [4.69, 9.17) is 5.11 Å². The molecule has 2 rings (SSSR count). The number of aromatic nitrogens is 2. The molecule has 6 nitrogen and oxygen atoms in total. The summed E-state index contributed by atoms with van der Waals surface area (Å²) >= 11 is 0. The Labute approximate surface area is 89.4 Å². The van der Waals surface area contributed by atoms with E-state index in [1.165, 1.54) is 19.3 Å². The molecule has 2 N–H and O–H groups in total. The third-order valence-electron chi connectivity index (χ3n) is 2.33. The fraction of sp³-hybridized carbons (Fsp3) is 0.100. The zero-order valence-electron chi connectivity index (χ0n) is 8.34. The van der Waals surface area contributed by atoms with Crippen LogP contribution in [0.2, 0.25) is 0 Å². The Morgan fingerprint density at radius 2 is 2.19 bits per heavy atom. The van der Waals surface area contributed by atoms with Gasteiger partial charge in [-0.15, -0.1) is 0 Å². The van der Waals surface area contributed by atoms with Crippen molar-refractivity contribution in [1.29, 1.82) is 0 Å². The van der Waals surface area contributed by atoms with E-state index >= 15 is 0 Å². The summed E-state index contributed by atoms with van der Waals surface area (Å²) in [7, 11) is 1.41. The molecule has 0 spiro atoms. The Hall–Kier alpha value is -2.37. The van der Waals surface area contributed by atoms with Gasteiger partial charge in [0.2, 0.25) is 0 Å². The van der Waals surface area contributed by atoms with Crippen LogP contribution < -0.4 is 5.56 Å². The van der Waals surface area contributed by atoms with Crippen LogP contribution in [0.1, 0.15) is 10.4 Å². The molecular formula is C10H8N2O4. The Balaban J connectivity index is 3.07. The normalized spacial score (nSPS) is 10.6. The average Bonchev–Trinajstić information content (AvgIpc) is 2.26. The van der Waals surface area contributed by atoms with E-state index in [1.807, 2.05) is 0 Å². The first-order valence-corrected chi connectivity index (χ1v) is 4.44. The van der Waals surface area contributed by atoms with Crippen LogP contribution in [-0.2, 0) is 7.05 Å². The second-order valence-electron chi connectivity index (χ2n) is 3.27. The lowest BCUT2D eigenvalue weighted by atomic mass is 10.2. The van der Waals surface area contributed by atoms with Gasteiger partial charge < -0.3 is 10.2 Å². The van der Waals surface area contributed by atoms with Crippen LogP contribution in [0.4, 0.5) is 0 Å². The second-order valence-corrected chi connectivity index (χ2v) is 3.27. The van der Waals surface area contributed by atoms with Gasteiger partial charge in [-0.3, -0.25) is 9.36 Å². The standard InChI is InChI=1S/C10H8N2O4/c1-12-8-5(3-2-4-11-8)7(13)6(9(12)14)10(15)16/h2-4,13H,1H3,(H,15,16). The lowest BCUT2D eigenvalue weighted by Gasteiger charge is -2.07. The molecule has 0 saturated carbocycles. The molecule has 2 aromatic heterocycles. The Morgan fingerprint density at radius 3 is 2.81 bits per heavy atom. The van der Waals surface area contributed by atoms with E-state index in [-0.39, 0.29) is 11.0 Å². The fourth-order valence-corrected chi connectivity index (χ4v) is 1.54. The summed E-state index contributed by atoms with van der Waals surface area (Å²) in [5, 5.41) is 18.8. The highest BCUT2D eigenvalue weighted by Gasteiger charge is 2.20. The first-order valence-electron chi connectivity index (χ1n) is 4.44. The lowest BCUT2D eigenvalue weighted by molar-refractivity contribution is 0.0691. The van der Waals surface area contributed by atoms with Crippen LogP contribution in [0, 0.1) is 0 Å². The number of hydrogen-bond acceptors (Lipinski definition) is 4. The number of aryl methyl sites for hydroxylation is 1. The largest absolute Gasteiger partial charge is 0.506 e. The minimum absolute atomic E-state index is 0.238. The molecule has 0 aliphatic carbocycles. The number of carbonyl (C=O) groups is 1. The molecule has 0 atom stereocenters. The van der Waals surface area contributed by atoms with Gasteiger partial charge in [0.25, 0.3) is 5.56 Å². The van der Waals surface area contributed by atoms with Crippen molar-refractivity contribution >= 4 is 17.0 Å². The molecule has 0 aromatic carbocycles. The number of pyridine rings is 2. The fourth-order valence-electron chi connectivity index (χ4n) is 1.54. The molecule has 6 heteroatoms. The van der Waals surface area contributed by atoms with Crippen LogP contribution in [-0.4, -0.2) is 25.7 Å². The van der Waals surface area contributed by atoms with Crippen molar-refractivity contribution in [2.24, 2.45) is 7.05 Å². The predicted octanol–water partition coefficient (Wildman–Crippen LogP) is 0.337. The molecule has 82 valence electrons. The van der Waals surface area contributed by atoms with E-state index in [0.717, 1.165) is 4.57 Å². The second kappa shape index (κ2) is 3.34. The highest BCUT2D eigenvalue weighted by molar-refractivity contribution is 5.97. The average molecular weight is 220 g/mol. The van der Waals surface area contributed by atoms with Crippen molar-refractivity contribution in [3.8, 4) is 5.75 Å². The van der Waals surface area contributed by atoms with Crippen molar-refractivity contribution in [2.75, 3.05) is 0 Å². The third kappa shape index (κ3) is 1.23. The summed E-state index contributed by atoms with van der Waals surface area (Å²) in [6, 6.07) is 3.06.